The van der Waals surface area contributed by atoms with Crippen molar-refractivity contribution in [3.05, 3.63) is 52.6 Å². The number of carboxylic acid groups (broad SMARTS) is 1. The molecule has 0 spiro atoms. The highest BCUT2D eigenvalue weighted by Crippen LogP contribution is 2.43. The number of primary amides is 1. The lowest BCUT2D eigenvalue weighted by Crippen LogP contribution is -2.71. The van der Waals surface area contributed by atoms with Gasteiger partial charge in [-0.1, -0.05) is 41.6 Å². The Morgan fingerprint density at radius 1 is 1.38 bits per heavy atom. The molecule has 1 unspecified atom stereocenters. The summed E-state index contributed by atoms with van der Waals surface area (Å²) in [7, 11) is 0. The Kier molecular flexibility index (Phi) is 6.15. The maximum absolute atomic E-state index is 13.1. The summed E-state index contributed by atoms with van der Waals surface area (Å²) in [6, 6.07) is 6.04. The van der Waals surface area contributed by atoms with Gasteiger partial charge in [-0.2, -0.15) is 0 Å². The molecule has 0 bridgehead atoms. The number of nitrogens with two attached hydrogens (primary N) is 1. The van der Waals surface area contributed by atoms with Crippen molar-refractivity contribution < 1.29 is 23.9 Å². The van der Waals surface area contributed by atoms with Crippen molar-refractivity contribution >= 4 is 41.4 Å². The van der Waals surface area contributed by atoms with Crippen LogP contribution in [-0.2, 0) is 16.1 Å². The number of carbonyl (C=O) groups is 3. The van der Waals surface area contributed by atoms with Gasteiger partial charge in [0.1, 0.15) is 17.1 Å². The van der Waals surface area contributed by atoms with Crippen molar-refractivity contribution in [3.63, 3.8) is 0 Å². The smallest absolute Gasteiger partial charge is 0.352 e. The summed E-state index contributed by atoms with van der Waals surface area (Å²) in [5.74, 6) is -0.547. The van der Waals surface area contributed by atoms with Crippen molar-refractivity contribution in [2.24, 2.45) is 5.73 Å². The SMILES string of the molecule is Cc1cccc(CN(C(N)=O)C2C(=O)N3C(C(=O)O)=C(CSc4nnc(C)o4)CS[C@H]23)c1. The lowest BCUT2D eigenvalue weighted by atomic mass is 10.0. The van der Waals surface area contributed by atoms with Gasteiger partial charge in [0.2, 0.25) is 5.89 Å². The van der Waals surface area contributed by atoms with Crippen LogP contribution in [0.3, 0.4) is 0 Å². The van der Waals surface area contributed by atoms with Crippen LogP contribution in [0.5, 0.6) is 0 Å². The maximum Gasteiger partial charge on any atom is 0.352 e. The number of amides is 3. The maximum atomic E-state index is 13.1. The van der Waals surface area contributed by atoms with Crippen LogP contribution in [0, 0.1) is 13.8 Å². The van der Waals surface area contributed by atoms with Gasteiger partial charge in [0.05, 0.1) is 0 Å². The van der Waals surface area contributed by atoms with E-state index in [1.165, 1.54) is 33.3 Å². The second-order valence-electron chi connectivity index (χ2n) is 7.44. The Hall–Kier alpha value is -2.99. The van der Waals surface area contributed by atoms with Gasteiger partial charge in [-0.3, -0.25) is 9.69 Å². The molecule has 1 aromatic heterocycles. The molecule has 1 saturated heterocycles. The molecule has 3 N–H and O–H groups in total. The van der Waals surface area contributed by atoms with Gasteiger partial charge in [0, 0.05) is 25.0 Å². The standard InChI is InChI=1S/C20H21N5O5S2/c1-10-4-3-5-12(6-10)7-24(19(21)29)15-16(26)25-14(18(27)28)13(8-31-17(15)25)9-32-20-23-22-11(2)30-20/h3-6,15,17H,7-9H2,1-2H3,(H2,21,29)(H,27,28)/t15?,17-/m1/s1. The molecule has 12 heteroatoms. The van der Waals surface area contributed by atoms with E-state index in [0.717, 1.165) is 11.1 Å². The van der Waals surface area contributed by atoms with Gasteiger partial charge in [0.15, 0.2) is 0 Å². The number of fused-ring (bicyclic) bond motifs is 1. The van der Waals surface area contributed by atoms with Gasteiger partial charge in [-0.05, 0) is 18.1 Å². The van der Waals surface area contributed by atoms with Gasteiger partial charge in [-0.25, -0.2) is 9.59 Å². The second-order valence-corrected chi connectivity index (χ2v) is 9.47. The monoisotopic (exact) mass is 475 g/mol. The molecule has 3 heterocycles. The molecule has 0 aliphatic carbocycles. The number of hydrogen-bond donors (Lipinski definition) is 2. The van der Waals surface area contributed by atoms with E-state index >= 15 is 0 Å². The zero-order chi connectivity index (χ0) is 23.0. The number of benzene rings is 1. The number of thioether (sulfide) groups is 2. The van der Waals surface area contributed by atoms with Crippen LogP contribution in [0.4, 0.5) is 4.79 Å². The molecule has 10 nitrogen and oxygen atoms in total. The number of β-lactam (4-membered cyclic amide) rings is 1. The fourth-order valence-corrected chi connectivity index (χ4v) is 6.09. The minimum absolute atomic E-state index is 0.0567. The van der Waals surface area contributed by atoms with E-state index in [0.29, 0.717) is 28.2 Å². The van der Waals surface area contributed by atoms with E-state index in [9.17, 15) is 19.5 Å². The van der Waals surface area contributed by atoms with E-state index in [1.54, 1.807) is 6.92 Å². The molecule has 2 aliphatic rings. The minimum atomic E-state index is -1.19. The molecular weight excluding hydrogens is 454 g/mol. The zero-order valence-corrected chi connectivity index (χ0v) is 19.0. The number of carbonyl (C=O) groups excluding carboxylic acids is 2. The van der Waals surface area contributed by atoms with Crippen molar-refractivity contribution in [2.75, 3.05) is 11.5 Å². The number of hydrogen-bond acceptors (Lipinski definition) is 8. The summed E-state index contributed by atoms with van der Waals surface area (Å²) in [6.45, 7) is 3.77. The van der Waals surface area contributed by atoms with Gasteiger partial charge >= 0.3 is 12.0 Å². The van der Waals surface area contributed by atoms with Crippen LogP contribution in [0.15, 0.2) is 45.2 Å². The van der Waals surface area contributed by atoms with Crippen molar-refractivity contribution in [1.82, 2.24) is 20.0 Å². The van der Waals surface area contributed by atoms with Crippen LogP contribution in [0.1, 0.15) is 17.0 Å². The Morgan fingerprint density at radius 3 is 2.78 bits per heavy atom. The van der Waals surface area contributed by atoms with Crippen molar-refractivity contribution in [2.45, 2.75) is 37.0 Å². The molecular formula is C20H21N5O5S2. The zero-order valence-electron chi connectivity index (χ0n) is 17.3. The number of rotatable bonds is 7. The van der Waals surface area contributed by atoms with E-state index in [2.05, 4.69) is 10.2 Å². The Labute approximate surface area is 192 Å². The molecule has 1 fully saturated rings. The first kappa shape index (κ1) is 22.2. The normalized spacial score (nSPS) is 20.1. The first-order chi connectivity index (χ1) is 15.3. The lowest BCUT2D eigenvalue weighted by molar-refractivity contribution is -0.153. The largest absolute Gasteiger partial charge is 0.477 e. The van der Waals surface area contributed by atoms with Crippen molar-refractivity contribution in [1.29, 1.82) is 0 Å². The molecule has 2 aromatic rings. The number of nitrogens with zero attached hydrogens (tertiary/aromatic N) is 4. The predicted octanol–water partition coefficient (Wildman–Crippen LogP) is 1.98. The number of aryl methyl sites for hydroxylation is 2. The topological polar surface area (TPSA) is 143 Å². The molecule has 4 rings (SSSR count). The summed E-state index contributed by atoms with van der Waals surface area (Å²) in [5.41, 5.74) is 8.00. The lowest BCUT2D eigenvalue weighted by Gasteiger charge is -2.52. The van der Waals surface area contributed by atoms with Crippen LogP contribution in [0.2, 0.25) is 0 Å². The van der Waals surface area contributed by atoms with Crippen LogP contribution in [0.25, 0.3) is 0 Å². The van der Waals surface area contributed by atoms with E-state index < -0.39 is 29.3 Å². The van der Waals surface area contributed by atoms with Gasteiger partial charge in [0.25, 0.3) is 11.1 Å². The highest BCUT2D eigenvalue weighted by Gasteiger charge is 2.56. The molecule has 168 valence electrons. The molecule has 3 amide bonds. The summed E-state index contributed by atoms with van der Waals surface area (Å²) >= 11 is 2.62. The minimum Gasteiger partial charge on any atom is -0.477 e. The van der Waals surface area contributed by atoms with E-state index in [1.807, 2.05) is 31.2 Å². The fraction of sp³-hybridized carbons (Fsp3) is 0.350. The quantitative estimate of drug-likeness (QED) is 0.454. The number of carboxylic acids is 1. The van der Waals surface area contributed by atoms with E-state index in [-0.39, 0.29) is 12.2 Å². The third-order valence-corrected chi connectivity index (χ3v) is 7.38. The molecule has 2 atom stereocenters. The first-order valence-corrected chi connectivity index (χ1v) is 11.7. The first-order valence-electron chi connectivity index (χ1n) is 9.70. The van der Waals surface area contributed by atoms with Crippen LogP contribution < -0.4 is 5.73 Å². The van der Waals surface area contributed by atoms with Crippen molar-refractivity contribution in [3.8, 4) is 0 Å². The second kappa shape index (κ2) is 8.87. The third kappa shape index (κ3) is 4.19. The average molecular weight is 476 g/mol. The molecule has 1 aromatic carbocycles. The highest BCUT2D eigenvalue weighted by atomic mass is 32.2. The van der Waals surface area contributed by atoms with Crippen LogP contribution in [-0.4, -0.2) is 65.9 Å². The molecule has 0 saturated carbocycles. The Bertz CT molecular complexity index is 1120. The predicted molar refractivity (Wildman–Crippen MR) is 118 cm³/mol. The average Bonchev–Trinajstić information content (AvgIpc) is 3.16. The van der Waals surface area contributed by atoms with E-state index in [4.69, 9.17) is 10.2 Å². The Morgan fingerprint density at radius 2 is 2.16 bits per heavy atom. The van der Waals surface area contributed by atoms with Crippen LogP contribution >= 0.6 is 23.5 Å². The molecule has 32 heavy (non-hydrogen) atoms. The summed E-state index contributed by atoms with van der Waals surface area (Å²) in [6.07, 6.45) is 0. The molecule has 0 radical (unpaired) electrons. The van der Waals surface area contributed by atoms with Gasteiger partial charge in [-0.15, -0.1) is 22.0 Å². The highest BCUT2D eigenvalue weighted by molar-refractivity contribution is 8.01. The molecule has 2 aliphatic heterocycles. The summed E-state index contributed by atoms with van der Waals surface area (Å²) < 4.78 is 5.32. The number of aromatic nitrogens is 2. The Balaban J connectivity index is 1.55. The summed E-state index contributed by atoms with van der Waals surface area (Å²) in [5, 5.41) is 17.3. The third-order valence-electron chi connectivity index (χ3n) is 5.15. The number of urea groups is 1. The van der Waals surface area contributed by atoms with Gasteiger partial charge < -0.3 is 20.2 Å². The summed E-state index contributed by atoms with van der Waals surface area (Å²) in [4.78, 5) is 39.8. The number of aliphatic carboxylic acids is 1. The fourth-order valence-electron chi connectivity index (χ4n) is 3.73.